The first-order chi connectivity index (χ1) is 21.5. The first kappa shape index (κ1) is 43.0. The maximum atomic E-state index is 12.8. The van der Waals surface area contributed by atoms with Crippen LogP contribution in [0.5, 0.6) is 0 Å². The molecule has 0 bridgehead atoms. The van der Waals surface area contributed by atoms with Crippen molar-refractivity contribution >= 4 is 92.3 Å². The zero-order chi connectivity index (χ0) is 35.4. The Hall–Kier alpha value is -3.04. The van der Waals surface area contributed by atoms with Crippen molar-refractivity contribution in [2.75, 3.05) is 23.3 Å². The lowest BCUT2D eigenvalue weighted by Crippen LogP contribution is -2.53. The molecule has 6 atom stereocenters. The molecule has 262 valence electrons. The quantitative estimate of drug-likeness (QED) is 0.0278. The van der Waals surface area contributed by atoms with Gasteiger partial charge >= 0.3 is 23.9 Å². The van der Waals surface area contributed by atoms with E-state index in [0.29, 0.717) is 0 Å². The minimum Gasteiger partial charge on any atom is -0.480 e. The molecule has 4 amide bonds. The summed E-state index contributed by atoms with van der Waals surface area (Å²) in [6.45, 7) is 0. The maximum Gasteiger partial charge on any atom is 0.327 e. The van der Waals surface area contributed by atoms with Crippen LogP contribution in [0, 0.1) is 0 Å². The van der Waals surface area contributed by atoms with Gasteiger partial charge in [0.15, 0.2) is 0 Å². The number of nitrogens with two attached hydrogens (primary N) is 2. The summed E-state index contributed by atoms with van der Waals surface area (Å²) in [6, 6.07) is -7.95. The standard InChI is InChI=1S/C24H38Cl2N6O12S2/c25-7-13(23(41)42)31-19(35)15(29-17(33)5-1-3-11(27)21(37)38)9-45-46-10-16(20(36)32-14(8-26)24(43)44)30-18(34)6-2-4-12(28)22(39)40/h11-16H,1-10,27-28H2,(H,29,33)(H,30,34)(H,31,35)(H,32,36)(H,37,38)(H,39,40)(H,41,42)(H,43,44)/t11-,12-,13+,14+,15-,16-/m0/s1. The van der Waals surface area contributed by atoms with E-state index in [2.05, 4.69) is 21.3 Å². The lowest BCUT2D eigenvalue weighted by atomic mass is 10.1. The monoisotopic (exact) mass is 736 g/mol. The molecule has 0 spiro atoms. The van der Waals surface area contributed by atoms with Crippen molar-refractivity contribution in [3.8, 4) is 0 Å². The SMILES string of the molecule is N[C@@H](CCCC(=O)N[C@@H](CSSC[C@H](NC(=O)CCC[C@H](N)C(=O)O)C(=O)N[C@H](CCl)C(=O)O)C(=O)N[C@H](CCl)C(=O)O)C(=O)O. The summed E-state index contributed by atoms with van der Waals surface area (Å²) in [5.74, 6) is -9.78. The average molecular weight is 738 g/mol. The van der Waals surface area contributed by atoms with Crippen molar-refractivity contribution < 1.29 is 58.8 Å². The van der Waals surface area contributed by atoms with E-state index in [9.17, 15) is 48.6 Å². The number of hydrogen-bond acceptors (Lipinski definition) is 12. The van der Waals surface area contributed by atoms with Crippen molar-refractivity contribution in [1.29, 1.82) is 0 Å². The summed E-state index contributed by atoms with van der Waals surface area (Å²) in [5.41, 5.74) is 10.8. The second kappa shape index (κ2) is 23.3. The van der Waals surface area contributed by atoms with Gasteiger partial charge in [-0.25, -0.2) is 9.59 Å². The van der Waals surface area contributed by atoms with E-state index in [-0.39, 0.29) is 50.0 Å². The molecule has 12 N–H and O–H groups in total. The molecule has 0 saturated carbocycles. The minimum absolute atomic E-state index is 0.0223. The van der Waals surface area contributed by atoms with Gasteiger partial charge in [0.1, 0.15) is 36.3 Å². The number of nitrogens with one attached hydrogen (secondary N) is 4. The van der Waals surface area contributed by atoms with Crippen LogP contribution in [0.2, 0.25) is 0 Å². The summed E-state index contributed by atoms with van der Waals surface area (Å²) < 4.78 is 0. The van der Waals surface area contributed by atoms with Gasteiger partial charge in [-0.1, -0.05) is 21.6 Å². The van der Waals surface area contributed by atoms with Crippen molar-refractivity contribution in [2.24, 2.45) is 11.5 Å². The highest BCUT2D eigenvalue weighted by atomic mass is 35.5. The number of alkyl halides is 2. The molecule has 22 heteroatoms. The van der Waals surface area contributed by atoms with E-state index >= 15 is 0 Å². The maximum absolute atomic E-state index is 12.8. The summed E-state index contributed by atoms with van der Waals surface area (Å²) in [7, 11) is 1.89. The van der Waals surface area contributed by atoms with Crippen LogP contribution in [0.25, 0.3) is 0 Å². The molecule has 0 aliphatic carbocycles. The van der Waals surface area contributed by atoms with Crippen LogP contribution < -0.4 is 32.7 Å². The van der Waals surface area contributed by atoms with Crippen LogP contribution >= 0.6 is 44.8 Å². The lowest BCUT2D eigenvalue weighted by molar-refractivity contribution is -0.141. The van der Waals surface area contributed by atoms with Gasteiger partial charge in [0.05, 0.1) is 11.8 Å². The van der Waals surface area contributed by atoms with Gasteiger partial charge in [-0.15, -0.1) is 23.2 Å². The van der Waals surface area contributed by atoms with Crippen molar-refractivity contribution in [1.82, 2.24) is 21.3 Å². The number of carbonyl (C=O) groups excluding carboxylic acids is 4. The Labute approximate surface area is 281 Å². The van der Waals surface area contributed by atoms with Crippen molar-refractivity contribution in [3.05, 3.63) is 0 Å². The molecule has 0 radical (unpaired) electrons. The van der Waals surface area contributed by atoms with Gasteiger partial charge in [-0.2, -0.15) is 0 Å². The number of carbonyl (C=O) groups is 8. The summed E-state index contributed by atoms with van der Waals surface area (Å²) >= 11 is 11.2. The molecule has 46 heavy (non-hydrogen) atoms. The first-order valence-corrected chi connectivity index (χ1v) is 17.1. The second-order valence-corrected chi connectivity index (χ2v) is 12.8. The largest absolute Gasteiger partial charge is 0.480 e. The van der Waals surface area contributed by atoms with Gasteiger partial charge in [-0.3, -0.25) is 28.8 Å². The van der Waals surface area contributed by atoms with Crippen LogP contribution in [-0.2, 0) is 38.4 Å². The molecule has 0 saturated heterocycles. The molecule has 0 aromatic carbocycles. The Morgan fingerprint density at radius 1 is 0.543 bits per heavy atom. The molecule has 0 aromatic rings. The van der Waals surface area contributed by atoms with Gasteiger partial charge in [-0.05, 0) is 25.7 Å². The van der Waals surface area contributed by atoms with Crippen LogP contribution in [0.15, 0.2) is 0 Å². The Balaban J connectivity index is 5.50. The van der Waals surface area contributed by atoms with Gasteiger partial charge < -0.3 is 53.2 Å². The fourth-order valence-electron chi connectivity index (χ4n) is 3.22. The molecule has 0 heterocycles. The fraction of sp³-hybridized carbons (Fsp3) is 0.667. The minimum atomic E-state index is -1.47. The molecule has 18 nitrogen and oxygen atoms in total. The van der Waals surface area contributed by atoms with E-state index in [1.54, 1.807) is 0 Å². The normalized spacial score (nSPS) is 14.8. The number of carboxylic acids is 4. The molecular formula is C24H38Cl2N6O12S2. The van der Waals surface area contributed by atoms with E-state index in [1.165, 1.54) is 0 Å². The number of carboxylic acid groups (broad SMARTS) is 4. The molecule has 0 aromatic heterocycles. The third kappa shape index (κ3) is 18.2. The van der Waals surface area contributed by atoms with E-state index in [4.69, 9.17) is 44.9 Å². The van der Waals surface area contributed by atoms with Crippen LogP contribution in [0.1, 0.15) is 38.5 Å². The van der Waals surface area contributed by atoms with E-state index in [0.717, 1.165) is 21.6 Å². The Morgan fingerprint density at radius 3 is 1.13 bits per heavy atom. The number of hydrogen-bond donors (Lipinski definition) is 10. The smallest absolute Gasteiger partial charge is 0.327 e. The van der Waals surface area contributed by atoms with E-state index in [1.807, 2.05) is 0 Å². The highest BCUT2D eigenvalue weighted by Gasteiger charge is 2.29. The van der Waals surface area contributed by atoms with Crippen LogP contribution in [0.4, 0.5) is 0 Å². The van der Waals surface area contributed by atoms with Crippen LogP contribution in [-0.4, -0.2) is 127 Å². The molecule has 0 fully saturated rings. The summed E-state index contributed by atoms with van der Waals surface area (Å²) in [5, 5.41) is 45.4. The van der Waals surface area contributed by atoms with Gasteiger partial charge in [0, 0.05) is 24.3 Å². The molecular weight excluding hydrogens is 699 g/mol. The predicted octanol–water partition coefficient (Wildman–Crippen LogP) is -1.88. The van der Waals surface area contributed by atoms with E-state index < -0.39 is 95.5 Å². The topological polar surface area (TPSA) is 318 Å². The highest BCUT2D eigenvalue weighted by Crippen LogP contribution is 2.23. The Morgan fingerprint density at radius 2 is 0.870 bits per heavy atom. The van der Waals surface area contributed by atoms with Crippen molar-refractivity contribution in [3.63, 3.8) is 0 Å². The Kier molecular flexibility index (Phi) is 21.8. The summed E-state index contributed by atoms with van der Waals surface area (Å²) in [4.78, 5) is 94.9. The van der Waals surface area contributed by atoms with Crippen LogP contribution in [0.3, 0.4) is 0 Å². The van der Waals surface area contributed by atoms with Gasteiger partial charge in [0.2, 0.25) is 23.6 Å². The average Bonchev–Trinajstić information content (AvgIpc) is 2.98. The zero-order valence-electron chi connectivity index (χ0n) is 24.3. The molecule has 0 aliphatic heterocycles. The lowest BCUT2D eigenvalue weighted by Gasteiger charge is -2.22. The zero-order valence-corrected chi connectivity index (χ0v) is 27.5. The molecule has 0 rings (SSSR count). The highest BCUT2D eigenvalue weighted by molar-refractivity contribution is 8.76. The molecule has 0 aliphatic rings. The predicted molar refractivity (Wildman–Crippen MR) is 168 cm³/mol. The second-order valence-electron chi connectivity index (χ2n) is 9.59. The fourth-order valence-corrected chi connectivity index (χ4v) is 5.97. The third-order valence-corrected chi connectivity index (χ3v) is 8.91. The molecule has 0 unspecified atom stereocenters. The first-order valence-electron chi connectivity index (χ1n) is 13.5. The summed E-state index contributed by atoms with van der Waals surface area (Å²) in [6.07, 6.45) is -0.285. The van der Waals surface area contributed by atoms with Crippen molar-refractivity contribution in [2.45, 2.75) is 74.8 Å². The number of halogens is 2. The Bertz CT molecular complexity index is 1010. The number of rotatable bonds is 25. The third-order valence-electron chi connectivity index (χ3n) is 5.87. The number of amides is 4. The van der Waals surface area contributed by atoms with Gasteiger partial charge in [0.25, 0.3) is 0 Å². The number of aliphatic carboxylic acids is 4.